The molecule has 23 heteroatoms. The third-order valence-electron chi connectivity index (χ3n) is 25.8. The van der Waals surface area contributed by atoms with Gasteiger partial charge in [-0.3, -0.25) is 33.6 Å². The average molecular weight is 2140 g/mol. The zero-order valence-corrected chi connectivity index (χ0v) is 98.5. The van der Waals surface area contributed by atoms with Gasteiger partial charge >= 0.3 is 41.8 Å². The van der Waals surface area contributed by atoms with Crippen LogP contribution in [-0.2, 0) is 66.7 Å². The minimum Gasteiger partial charge on any atom is -0.466 e. The van der Waals surface area contributed by atoms with E-state index in [0.29, 0.717) is 124 Å². The Balaban J connectivity index is -0.000000261. The number of aliphatic hydroxyl groups excluding tert-OH is 9. The fourth-order valence-electron chi connectivity index (χ4n) is 16.7. The maximum Gasteiger partial charge on any atom is 0.305 e. The van der Waals surface area contributed by atoms with Gasteiger partial charge in [-0.15, -0.1) is 0 Å². The Kier molecular flexibility index (Phi) is 158. The Morgan fingerprint density at radius 3 is 0.427 bits per heavy atom. The summed E-state index contributed by atoms with van der Waals surface area (Å²) in [6.07, 6.45) is 109. The Morgan fingerprint density at radius 2 is 0.287 bits per heavy atom. The molecule has 0 aromatic rings. The summed E-state index contributed by atoms with van der Waals surface area (Å²) in [4.78, 5) is 77.9. The molecule has 0 spiro atoms. The molecule has 0 amide bonds. The third-order valence-corrected chi connectivity index (χ3v) is 25.8. The third kappa shape index (κ3) is 158. The number of aliphatic hydroxyl groups is 9. The minimum atomic E-state index is -0.632. The van der Waals surface area contributed by atoms with Crippen LogP contribution in [0.25, 0.3) is 0 Å². The standard InChI is InChI=1S/C18H36O5.2C18H36O4.2C18H34O3.2C18H34O2.CH4/c1-2-23-18(22)14-10-5-3-4-8-12-16(20)17(21)13-9-6-7-11-15-19;1-2-22-18(21)15-11-7-3-5-9-13-17(20)14-10-6-4-8-12-16-19;1-2-22-18(21)15-11-6-4-3-5-9-13-17(20)14-10-7-8-12-16-19;2*1-2-21-18(20)16-14-12-10-8-6-4-3-5-7-9-11-13-15-17-19;2*1-3-5-6-7-8-9-10-11-12-13-14-15-16-17-18(19)20-4-2;/h16-17,19-21H,2-15H2,1H3;2*17,19-20H,2-16H2,1H3;2*3,5,19H,2,4,6-17H2,1H3;2*9-10H,3-8,11-17H2,1-2H3;1H4/b;;;5-3+;5-3-;10-9+;10-9-;. The summed E-state index contributed by atoms with van der Waals surface area (Å²) in [6, 6.07) is 0. The number of carbonyl (C=O) groups excluding carboxylic acids is 7. The van der Waals surface area contributed by atoms with Crippen molar-refractivity contribution in [2.45, 2.75) is 646 Å². The van der Waals surface area contributed by atoms with Crippen molar-refractivity contribution in [3.63, 3.8) is 0 Å². The van der Waals surface area contributed by atoms with Gasteiger partial charge in [0, 0.05) is 78.0 Å². The van der Waals surface area contributed by atoms with Gasteiger partial charge in [0.05, 0.1) is 70.7 Å². The molecule has 0 saturated carbocycles. The molecule has 0 radical (unpaired) electrons. The molecule has 4 atom stereocenters. The highest BCUT2D eigenvalue weighted by atomic mass is 16.6. The van der Waals surface area contributed by atoms with Crippen LogP contribution in [0.3, 0.4) is 0 Å². The number of hydrogen-bond acceptors (Lipinski definition) is 23. The van der Waals surface area contributed by atoms with E-state index in [9.17, 15) is 54.0 Å². The van der Waals surface area contributed by atoms with E-state index in [0.717, 1.165) is 276 Å². The lowest BCUT2D eigenvalue weighted by Gasteiger charge is -2.17. The van der Waals surface area contributed by atoms with E-state index in [4.69, 9.17) is 58.7 Å². The number of allylic oxidation sites excluding steroid dienone is 8. The van der Waals surface area contributed by atoms with E-state index in [-0.39, 0.29) is 74.6 Å². The van der Waals surface area contributed by atoms with Crippen LogP contribution < -0.4 is 0 Å². The first kappa shape index (κ1) is 160. The molecule has 0 fully saturated rings. The van der Waals surface area contributed by atoms with Crippen molar-refractivity contribution in [3.05, 3.63) is 48.6 Å². The van der Waals surface area contributed by atoms with Crippen LogP contribution in [0.2, 0.25) is 0 Å². The summed E-state index contributed by atoms with van der Waals surface area (Å²) in [6.45, 7) is 22.2. The predicted molar refractivity (Wildman–Crippen MR) is 628 cm³/mol. The molecule has 23 nitrogen and oxygen atoms in total. The summed E-state index contributed by atoms with van der Waals surface area (Å²) in [5, 5.41) is 82.9. The summed E-state index contributed by atoms with van der Waals surface area (Å²) >= 11 is 0. The second kappa shape index (κ2) is 148. The average Bonchev–Trinajstić information content (AvgIpc) is 0.970. The van der Waals surface area contributed by atoms with Gasteiger partial charge < -0.3 is 79.1 Å². The normalized spacial score (nSPS) is 11.8. The fraction of sp³-hybridized carbons (Fsp3) is 0.882. The van der Waals surface area contributed by atoms with Crippen LogP contribution in [0, 0.1) is 0 Å². The molecule has 9 N–H and O–H groups in total. The minimum absolute atomic E-state index is 0. The molecule has 0 aliphatic carbocycles. The molecular formula is C127H248O23. The molecule has 0 bridgehead atoms. The Bertz CT molecular complexity index is 2630. The molecule has 0 aliphatic heterocycles. The van der Waals surface area contributed by atoms with Crippen molar-refractivity contribution in [1.29, 1.82) is 0 Å². The molecule has 0 aromatic carbocycles. The molecule has 0 saturated heterocycles. The van der Waals surface area contributed by atoms with Crippen molar-refractivity contribution in [1.82, 2.24) is 0 Å². The van der Waals surface area contributed by atoms with E-state index in [2.05, 4.69) is 62.5 Å². The lowest BCUT2D eigenvalue weighted by molar-refractivity contribution is -0.144. The highest BCUT2D eigenvalue weighted by Crippen LogP contribution is 2.22. The van der Waals surface area contributed by atoms with E-state index in [1.165, 1.54) is 218 Å². The van der Waals surface area contributed by atoms with Crippen molar-refractivity contribution in [2.75, 3.05) is 79.3 Å². The van der Waals surface area contributed by atoms with Gasteiger partial charge in [0.15, 0.2) is 0 Å². The predicted octanol–water partition coefficient (Wildman–Crippen LogP) is 32.7. The van der Waals surface area contributed by atoms with Gasteiger partial charge in [-0.05, 0) is 267 Å². The second-order valence-corrected chi connectivity index (χ2v) is 40.1. The number of rotatable bonds is 106. The van der Waals surface area contributed by atoms with Crippen molar-refractivity contribution in [3.8, 4) is 0 Å². The molecule has 894 valence electrons. The summed E-state index contributed by atoms with van der Waals surface area (Å²) in [5.74, 6) is -0.484. The second-order valence-electron chi connectivity index (χ2n) is 40.1. The molecule has 4 unspecified atom stereocenters. The van der Waals surface area contributed by atoms with E-state index >= 15 is 0 Å². The van der Waals surface area contributed by atoms with Crippen LogP contribution >= 0.6 is 0 Å². The van der Waals surface area contributed by atoms with Crippen molar-refractivity contribution >= 4 is 41.8 Å². The smallest absolute Gasteiger partial charge is 0.305 e. The van der Waals surface area contributed by atoms with Crippen LogP contribution in [0.15, 0.2) is 48.6 Å². The number of hydrogen-bond donors (Lipinski definition) is 9. The number of carbonyl (C=O) groups is 7. The topological polar surface area (TPSA) is 366 Å². The van der Waals surface area contributed by atoms with Crippen LogP contribution in [-0.4, -0.2) is 191 Å². The molecule has 0 rings (SSSR count). The maximum atomic E-state index is 11.1. The molecule has 0 heterocycles. The fourth-order valence-corrected chi connectivity index (χ4v) is 16.7. The summed E-state index contributed by atoms with van der Waals surface area (Å²) in [7, 11) is 0. The van der Waals surface area contributed by atoms with Gasteiger partial charge in [-0.1, -0.05) is 359 Å². The quantitative estimate of drug-likeness (QED) is 0.0118. The first-order chi connectivity index (χ1) is 72.7. The van der Waals surface area contributed by atoms with Gasteiger partial charge in [0.1, 0.15) is 0 Å². The van der Waals surface area contributed by atoms with E-state index in [1.807, 2.05) is 48.5 Å². The van der Waals surface area contributed by atoms with Crippen molar-refractivity contribution < 1.29 is 113 Å². The molecule has 0 aromatic heterocycles. The van der Waals surface area contributed by atoms with Crippen LogP contribution in [0.1, 0.15) is 622 Å². The largest absolute Gasteiger partial charge is 0.466 e. The number of ether oxygens (including phenoxy) is 7. The first-order valence-electron chi connectivity index (χ1n) is 62.2. The lowest BCUT2D eigenvalue weighted by atomic mass is 10.00. The molecular weight excluding hydrogens is 1890 g/mol. The lowest BCUT2D eigenvalue weighted by Crippen LogP contribution is -2.25. The molecule has 0 aliphatic rings. The number of esters is 7. The summed E-state index contributed by atoms with van der Waals surface area (Å²) < 4.78 is 34.2. The Morgan fingerprint density at radius 1 is 0.167 bits per heavy atom. The van der Waals surface area contributed by atoms with Gasteiger partial charge in [0.2, 0.25) is 0 Å². The van der Waals surface area contributed by atoms with Gasteiger partial charge in [-0.2, -0.15) is 0 Å². The maximum absolute atomic E-state index is 11.1. The van der Waals surface area contributed by atoms with E-state index < -0.39 is 12.2 Å². The first-order valence-corrected chi connectivity index (χ1v) is 62.2. The summed E-state index contributed by atoms with van der Waals surface area (Å²) in [5.41, 5.74) is 0. The van der Waals surface area contributed by atoms with Crippen molar-refractivity contribution in [2.24, 2.45) is 0 Å². The Hall–Kier alpha value is -5.11. The van der Waals surface area contributed by atoms with E-state index in [1.54, 1.807) is 0 Å². The van der Waals surface area contributed by atoms with Crippen LogP contribution in [0.5, 0.6) is 0 Å². The molecule has 150 heavy (non-hydrogen) atoms. The highest BCUT2D eigenvalue weighted by Gasteiger charge is 2.17. The SMILES string of the molecule is C.CCCCCC/C=C/CCCCCCCC(=O)OCC.CCCCCC/C=C\CCCCCCCC(=O)OCC.CCOC(=O)CCCCCCC/C=C/CCCCCCO.CCOC(=O)CCCCCCC/C=C\CCCCCCO.CCOC(=O)CCCCCCCC(O)C(O)CCCCCCO.CCOC(=O)CCCCCCCC(O)CCCCCCCO.CCOC(=O)CCCCCCCCC(O)CCCCCCO. The van der Waals surface area contributed by atoms with Gasteiger partial charge in [0.25, 0.3) is 0 Å². The zero-order chi connectivity index (χ0) is 111. The monoisotopic (exact) mass is 2140 g/mol. The van der Waals surface area contributed by atoms with Crippen LogP contribution in [0.4, 0.5) is 0 Å². The Labute approximate surface area is 923 Å². The zero-order valence-electron chi connectivity index (χ0n) is 98.5. The van der Waals surface area contributed by atoms with Gasteiger partial charge in [-0.25, -0.2) is 0 Å². The number of unbranched alkanes of at least 4 members (excludes halogenated alkanes) is 59. The highest BCUT2D eigenvalue weighted by molar-refractivity contribution is 5.71.